The molecule has 0 aliphatic rings. The number of hydrogen-bond acceptors (Lipinski definition) is 5. The third kappa shape index (κ3) is 3.55. The number of hydrogen-bond donors (Lipinski definition) is 1. The van der Waals surface area contributed by atoms with Crippen molar-refractivity contribution in [2.75, 3.05) is 0 Å². The van der Waals surface area contributed by atoms with Gasteiger partial charge < -0.3 is 5.32 Å². The van der Waals surface area contributed by atoms with Crippen molar-refractivity contribution in [3.63, 3.8) is 0 Å². The number of thiazole rings is 1. The van der Waals surface area contributed by atoms with Crippen molar-refractivity contribution < 1.29 is 9.59 Å². The first kappa shape index (κ1) is 15.6. The lowest BCUT2D eigenvalue weighted by atomic mass is 10.0. The molecule has 0 saturated carbocycles. The maximum atomic E-state index is 12.5. The van der Waals surface area contributed by atoms with Gasteiger partial charge in [0.1, 0.15) is 0 Å². The van der Waals surface area contributed by atoms with E-state index in [1.54, 1.807) is 41.7 Å². The molecule has 0 unspecified atom stereocenters. The lowest BCUT2D eigenvalue weighted by Gasteiger charge is -2.08. The molecule has 0 bridgehead atoms. The first-order valence-electron chi connectivity index (χ1n) is 7.01. The Hall–Kier alpha value is -2.31. The molecular weight excluding hydrogens is 328 g/mol. The summed E-state index contributed by atoms with van der Waals surface area (Å²) < 4.78 is 0. The van der Waals surface area contributed by atoms with Crippen LogP contribution in [0.2, 0.25) is 0 Å². The lowest BCUT2D eigenvalue weighted by Crippen LogP contribution is -2.25. The summed E-state index contributed by atoms with van der Waals surface area (Å²) in [7, 11) is 0. The van der Waals surface area contributed by atoms with Crippen molar-refractivity contribution in [3.05, 3.63) is 73.9 Å². The maximum absolute atomic E-state index is 12.5. The van der Waals surface area contributed by atoms with Crippen LogP contribution in [0.4, 0.5) is 0 Å². The van der Waals surface area contributed by atoms with E-state index in [0.717, 1.165) is 10.7 Å². The zero-order valence-electron chi connectivity index (χ0n) is 12.4. The molecule has 0 aliphatic heterocycles. The number of benzene rings is 1. The van der Waals surface area contributed by atoms with Crippen LogP contribution in [-0.4, -0.2) is 16.7 Å². The van der Waals surface area contributed by atoms with Crippen molar-refractivity contribution in [1.29, 1.82) is 0 Å². The van der Waals surface area contributed by atoms with Gasteiger partial charge in [0.05, 0.1) is 27.7 Å². The summed E-state index contributed by atoms with van der Waals surface area (Å²) >= 11 is 2.91. The average Bonchev–Trinajstić information content (AvgIpc) is 3.23. The molecule has 2 heterocycles. The molecule has 23 heavy (non-hydrogen) atoms. The van der Waals surface area contributed by atoms with E-state index >= 15 is 0 Å². The molecule has 116 valence electrons. The first-order chi connectivity index (χ1) is 11.1. The smallest absolute Gasteiger partial charge is 0.252 e. The second-order valence-electron chi connectivity index (χ2n) is 4.89. The van der Waals surface area contributed by atoms with Gasteiger partial charge in [-0.2, -0.15) is 0 Å². The van der Waals surface area contributed by atoms with E-state index in [0.29, 0.717) is 22.5 Å². The summed E-state index contributed by atoms with van der Waals surface area (Å²) in [6, 6.07) is 10.5. The Morgan fingerprint density at radius 3 is 2.52 bits per heavy atom. The van der Waals surface area contributed by atoms with Gasteiger partial charge in [-0.25, -0.2) is 4.98 Å². The number of nitrogens with one attached hydrogen (secondary N) is 1. The van der Waals surface area contributed by atoms with Gasteiger partial charge in [0.25, 0.3) is 5.91 Å². The SMILES string of the molecule is Cc1nc(CNC(=O)c2ccccc2C(=O)c2cccs2)cs1. The van der Waals surface area contributed by atoms with Crippen molar-refractivity contribution >= 4 is 34.4 Å². The average molecular weight is 342 g/mol. The monoisotopic (exact) mass is 342 g/mol. The van der Waals surface area contributed by atoms with E-state index in [2.05, 4.69) is 10.3 Å². The Kier molecular flexibility index (Phi) is 4.64. The van der Waals surface area contributed by atoms with Crippen LogP contribution in [0.5, 0.6) is 0 Å². The minimum Gasteiger partial charge on any atom is -0.346 e. The molecule has 4 nitrogen and oxygen atoms in total. The van der Waals surface area contributed by atoms with Gasteiger partial charge in [-0.15, -0.1) is 22.7 Å². The highest BCUT2D eigenvalue weighted by atomic mass is 32.1. The molecule has 0 saturated heterocycles. The highest BCUT2D eigenvalue weighted by Gasteiger charge is 2.18. The predicted molar refractivity (Wildman–Crippen MR) is 92.2 cm³/mol. The number of aromatic nitrogens is 1. The fourth-order valence-corrected chi connectivity index (χ4v) is 3.47. The first-order valence-corrected chi connectivity index (χ1v) is 8.77. The fourth-order valence-electron chi connectivity index (χ4n) is 2.18. The van der Waals surface area contributed by atoms with Crippen LogP contribution in [0, 0.1) is 6.92 Å². The number of aryl methyl sites for hydroxylation is 1. The third-order valence-corrected chi connectivity index (χ3v) is 4.95. The molecule has 6 heteroatoms. The molecule has 0 fully saturated rings. The van der Waals surface area contributed by atoms with E-state index < -0.39 is 0 Å². The lowest BCUT2D eigenvalue weighted by molar-refractivity contribution is 0.0939. The van der Waals surface area contributed by atoms with Gasteiger partial charge >= 0.3 is 0 Å². The minimum absolute atomic E-state index is 0.129. The highest BCUT2D eigenvalue weighted by molar-refractivity contribution is 7.12. The summed E-state index contributed by atoms with van der Waals surface area (Å²) in [5.74, 6) is -0.397. The Labute approximate surface area is 141 Å². The zero-order chi connectivity index (χ0) is 16.2. The second kappa shape index (κ2) is 6.85. The zero-order valence-corrected chi connectivity index (χ0v) is 14.0. The van der Waals surface area contributed by atoms with Crippen LogP contribution in [-0.2, 0) is 6.54 Å². The molecule has 3 rings (SSSR count). The van der Waals surface area contributed by atoms with Crippen LogP contribution >= 0.6 is 22.7 Å². The van der Waals surface area contributed by atoms with Crippen LogP contribution < -0.4 is 5.32 Å². The summed E-state index contributed by atoms with van der Waals surface area (Å²) in [6.07, 6.45) is 0. The fraction of sp³-hybridized carbons (Fsp3) is 0.118. The summed E-state index contributed by atoms with van der Waals surface area (Å²) in [6.45, 7) is 2.27. The van der Waals surface area contributed by atoms with Gasteiger partial charge in [0.15, 0.2) is 0 Å². The van der Waals surface area contributed by atoms with Crippen LogP contribution in [0.25, 0.3) is 0 Å². The normalized spacial score (nSPS) is 10.5. The molecule has 1 amide bonds. The molecule has 0 aliphatic carbocycles. The molecule has 0 radical (unpaired) electrons. The Balaban J connectivity index is 1.79. The number of nitrogens with zero attached hydrogens (tertiary/aromatic N) is 1. The van der Waals surface area contributed by atoms with Crippen LogP contribution in [0.3, 0.4) is 0 Å². The predicted octanol–water partition coefficient (Wildman–Crippen LogP) is 3.67. The Morgan fingerprint density at radius 2 is 1.87 bits per heavy atom. The van der Waals surface area contributed by atoms with Crippen molar-refractivity contribution in [2.45, 2.75) is 13.5 Å². The van der Waals surface area contributed by atoms with Crippen molar-refractivity contribution in [1.82, 2.24) is 10.3 Å². The number of ketones is 1. The Bertz CT molecular complexity index is 838. The van der Waals surface area contributed by atoms with Crippen molar-refractivity contribution in [3.8, 4) is 0 Å². The molecule has 1 aromatic carbocycles. The number of rotatable bonds is 5. The maximum Gasteiger partial charge on any atom is 0.252 e. The molecule has 0 spiro atoms. The van der Waals surface area contributed by atoms with Crippen LogP contribution in [0.1, 0.15) is 36.3 Å². The van der Waals surface area contributed by atoms with Gasteiger partial charge in [-0.3, -0.25) is 9.59 Å². The number of carbonyl (C=O) groups is 2. The molecule has 1 N–H and O–H groups in total. The van der Waals surface area contributed by atoms with E-state index in [4.69, 9.17) is 0 Å². The topological polar surface area (TPSA) is 59.1 Å². The third-order valence-electron chi connectivity index (χ3n) is 3.26. The molecule has 3 aromatic rings. The number of carbonyl (C=O) groups excluding carboxylic acids is 2. The van der Waals surface area contributed by atoms with E-state index in [9.17, 15) is 9.59 Å². The quantitative estimate of drug-likeness (QED) is 0.720. The van der Waals surface area contributed by atoms with Gasteiger partial charge in [-0.05, 0) is 24.4 Å². The minimum atomic E-state index is -0.267. The molecule has 0 atom stereocenters. The summed E-state index contributed by atoms with van der Waals surface area (Å²) in [4.78, 5) is 29.9. The van der Waals surface area contributed by atoms with Gasteiger partial charge in [-0.1, -0.05) is 24.3 Å². The van der Waals surface area contributed by atoms with Crippen molar-refractivity contribution in [2.24, 2.45) is 0 Å². The largest absolute Gasteiger partial charge is 0.346 e. The highest BCUT2D eigenvalue weighted by Crippen LogP contribution is 2.18. The molecule has 2 aromatic heterocycles. The molecular formula is C17H14N2O2S2. The summed E-state index contributed by atoms with van der Waals surface area (Å²) in [5.41, 5.74) is 1.63. The van der Waals surface area contributed by atoms with E-state index in [-0.39, 0.29) is 11.7 Å². The Morgan fingerprint density at radius 1 is 1.09 bits per heavy atom. The van der Waals surface area contributed by atoms with Gasteiger partial charge in [0, 0.05) is 10.9 Å². The standard InChI is InChI=1S/C17H14N2O2S2/c1-11-19-12(10-23-11)9-18-17(21)14-6-3-2-5-13(14)16(20)15-7-4-8-22-15/h2-8,10H,9H2,1H3,(H,18,21). The summed E-state index contributed by atoms with van der Waals surface area (Å²) in [5, 5.41) is 7.55. The number of thiophene rings is 1. The number of amides is 1. The van der Waals surface area contributed by atoms with E-state index in [1.807, 2.05) is 23.8 Å². The van der Waals surface area contributed by atoms with Gasteiger partial charge in [0.2, 0.25) is 5.78 Å². The van der Waals surface area contributed by atoms with E-state index in [1.165, 1.54) is 11.3 Å². The van der Waals surface area contributed by atoms with Crippen LogP contribution in [0.15, 0.2) is 47.2 Å². The second-order valence-corrected chi connectivity index (χ2v) is 6.90.